The van der Waals surface area contributed by atoms with Gasteiger partial charge >= 0.3 is 12.4 Å². The third kappa shape index (κ3) is 5.80. The predicted octanol–water partition coefficient (Wildman–Crippen LogP) is 5.94. The molecule has 0 fully saturated rings. The number of rotatable bonds is 4. The van der Waals surface area contributed by atoms with Crippen LogP contribution in [0.4, 0.5) is 35.1 Å². The smallest absolute Gasteiger partial charge is 0.274 e. The highest BCUT2D eigenvalue weighted by molar-refractivity contribution is 6.11. The quantitative estimate of drug-likeness (QED) is 0.425. The molecule has 31 heavy (non-hydrogen) atoms. The van der Waals surface area contributed by atoms with Crippen LogP contribution >= 0.6 is 0 Å². The van der Waals surface area contributed by atoms with Crippen molar-refractivity contribution in [3.05, 3.63) is 70.3 Å². The summed E-state index contributed by atoms with van der Waals surface area (Å²) in [6.07, 6.45) is -10.1. The van der Waals surface area contributed by atoms with Crippen molar-refractivity contribution in [3.63, 3.8) is 0 Å². The Labute approximate surface area is 171 Å². The molecule has 0 atom stereocenters. The topological polar surface area (TPSA) is 37.4 Å². The van der Waals surface area contributed by atoms with Gasteiger partial charge in [-0.05, 0) is 42.3 Å². The molecule has 0 unspecified atom stereocenters. The van der Waals surface area contributed by atoms with Gasteiger partial charge in [-0.25, -0.2) is 8.78 Å². The summed E-state index contributed by atoms with van der Waals surface area (Å²) in [7, 11) is 0. The van der Waals surface area contributed by atoms with Crippen molar-refractivity contribution in [1.29, 1.82) is 0 Å². The van der Waals surface area contributed by atoms with Crippen LogP contribution in [0.5, 0.6) is 0 Å². The summed E-state index contributed by atoms with van der Waals surface area (Å²) in [5.41, 5.74) is -5.15. The van der Waals surface area contributed by atoms with Gasteiger partial charge in [-0.3, -0.25) is 14.5 Å². The number of imide groups is 1. The monoisotopic (exact) mass is 453 g/mol. The second-order valence-electron chi connectivity index (χ2n) is 7.03. The third-order valence-electron chi connectivity index (χ3n) is 4.03. The van der Waals surface area contributed by atoms with Crippen LogP contribution in [0.25, 0.3) is 0 Å². The van der Waals surface area contributed by atoms with Gasteiger partial charge in [-0.15, -0.1) is 0 Å². The number of halogens is 8. The van der Waals surface area contributed by atoms with Crippen LogP contribution in [0, 0.1) is 17.6 Å². The average molecular weight is 453 g/mol. The van der Waals surface area contributed by atoms with Crippen molar-refractivity contribution in [2.75, 3.05) is 6.54 Å². The van der Waals surface area contributed by atoms with Crippen molar-refractivity contribution in [1.82, 2.24) is 4.90 Å². The molecule has 2 rings (SSSR count). The molecule has 0 spiro atoms. The van der Waals surface area contributed by atoms with Crippen LogP contribution in [-0.2, 0) is 12.4 Å². The number of carbonyl (C=O) groups is 2. The molecule has 2 aromatic rings. The molecular weight excluding hydrogens is 438 g/mol. The minimum Gasteiger partial charge on any atom is -0.274 e. The first-order valence-corrected chi connectivity index (χ1v) is 8.72. The molecule has 0 bridgehead atoms. The van der Waals surface area contributed by atoms with E-state index in [1.165, 1.54) is 13.8 Å². The summed E-state index contributed by atoms with van der Waals surface area (Å²) >= 11 is 0. The molecule has 0 heterocycles. The van der Waals surface area contributed by atoms with E-state index in [-0.39, 0.29) is 23.1 Å². The van der Waals surface area contributed by atoms with Crippen LogP contribution in [0.15, 0.2) is 36.4 Å². The Morgan fingerprint density at radius 3 is 1.97 bits per heavy atom. The maximum atomic E-state index is 13.7. The number of carbonyl (C=O) groups excluding carboxylic acids is 2. The fraction of sp³-hybridized carbons (Fsp3) is 0.300. The molecule has 2 amide bonds. The van der Waals surface area contributed by atoms with Gasteiger partial charge in [-0.2, -0.15) is 26.3 Å². The molecule has 0 N–H and O–H groups in total. The minimum atomic E-state index is -5.08. The summed E-state index contributed by atoms with van der Waals surface area (Å²) in [5.74, 6) is -6.19. The zero-order valence-corrected chi connectivity index (χ0v) is 16.0. The van der Waals surface area contributed by atoms with Crippen LogP contribution < -0.4 is 0 Å². The molecule has 168 valence electrons. The second kappa shape index (κ2) is 8.64. The SMILES string of the molecule is CC(C)CN(C(=O)c1cc(F)cc(C(F)(F)F)c1)C(=O)c1cc(F)ccc1C(F)(F)F. The first-order chi connectivity index (χ1) is 14.1. The summed E-state index contributed by atoms with van der Waals surface area (Å²) in [5, 5.41) is 0. The zero-order chi connectivity index (χ0) is 23.7. The maximum Gasteiger partial charge on any atom is 0.417 e. The van der Waals surface area contributed by atoms with E-state index >= 15 is 0 Å². The van der Waals surface area contributed by atoms with Gasteiger partial charge in [0.1, 0.15) is 11.6 Å². The Hall–Kier alpha value is -2.98. The van der Waals surface area contributed by atoms with Gasteiger partial charge in [-0.1, -0.05) is 13.8 Å². The van der Waals surface area contributed by atoms with E-state index < -0.39 is 70.5 Å². The van der Waals surface area contributed by atoms with Crippen molar-refractivity contribution in [3.8, 4) is 0 Å². The fourth-order valence-corrected chi connectivity index (χ4v) is 2.74. The Kier molecular flexibility index (Phi) is 6.77. The zero-order valence-electron chi connectivity index (χ0n) is 16.0. The molecule has 11 heteroatoms. The second-order valence-corrected chi connectivity index (χ2v) is 7.03. The molecule has 0 radical (unpaired) electrons. The highest BCUT2D eigenvalue weighted by Gasteiger charge is 2.38. The van der Waals surface area contributed by atoms with Gasteiger partial charge in [0.15, 0.2) is 0 Å². The molecule has 0 aliphatic rings. The number of amides is 2. The highest BCUT2D eigenvalue weighted by Crippen LogP contribution is 2.34. The highest BCUT2D eigenvalue weighted by atomic mass is 19.4. The fourth-order valence-electron chi connectivity index (χ4n) is 2.74. The van der Waals surface area contributed by atoms with E-state index in [0.717, 1.165) is 0 Å². The lowest BCUT2D eigenvalue weighted by Crippen LogP contribution is -2.40. The Bertz CT molecular complexity index is 996. The number of nitrogens with zero attached hydrogens (tertiary/aromatic N) is 1. The average Bonchev–Trinajstić information content (AvgIpc) is 2.62. The van der Waals surface area contributed by atoms with Crippen LogP contribution in [0.1, 0.15) is 45.7 Å². The standard InChI is InChI=1S/C20H15F8NO2/c1-10(2)9-29(17(30)11-5-12(19(23,24)25)7-14(22)6-11)18(31)15-8-13(21)3-4-16(15)20(26,27)28/h3-8,10H,9H2,1-2H3. The lowest BCUT2D eigenvalue weighted by Gasteiger charge is -2.25. The normalized spacial score (nSPS) is 12.2. The van der Waals surface area contributed by atoms with Gasteiger partial charge in [0.2, 0.25) is 0 Å². The number of hydrogen-bond acceptors (Lipinski definition) is 2. The van der Waals surface area contributed by atoms with Crippen molar-refractivity contribution >= 4 is 11.8 Å². The molecular formula is C20H15F8NO2. The number of alkyl halides is 6. The largest absolute Gasteiger partial charge is 0.417 e. The van der Waals surface area contributed by atoms with E-state index in [4.69, 9.17) is 0 Å². The van der Waals surface area contributed by atoms with Crippen LogP contribution in [0.2, 0.25) is 0 Å². The first kappa shape index (κ1) is 24.3. The molecule has 0 saturated heterocycles. The van der Waals surface area contributed by atoms with Crippen LogP contribution in [0.3, 0.4) is 0 Å². The van der Waals surface area contributed by atoms with E-state index in [9.17, 15) is 44.7 Å². The summed E-state index contributed by atoms with van der Waals surface area (Å²) < 4.78 is 106. The number of hydrogen-bond donors (Lipinski definition) is 0. The molecule has 0 aliphatic carbocycles. The van der Waals surface area contributed by atoms with Gasteiger partial charge in [0.05, 0.1) is 16.7 Å². The Morgan fingerprint density at radius 2 is 1.45 bits per heavy atom. The van der Waals surface area contributed by atoms with E-state index in [1.54, 1.807) is 0 Å². The lowest BCUT2D eigenvalue weighted by molar-refractivity contribution is -0.138. The van der Waals surface area contributed by atoms with E-state index in [2.05, 4.69) is 0 Å². The molecule has 2 aromatic carbocycles. The predicted molar refractivity (Wildman–Crippen MR) is 93.0 cm³/mol. The maximum absolute atomic E-state index is 13.7. The van der Waals surface area contributed by atoms with Crippen molar-refractivity contribution < 1.29 is 44.7 Å². The first-order valence-electron chi connectivity index (χ1n) is 8.72. The third-order valence-corrected chi connectivity index (χ3v) is 4.03. The summed E-state index contributed by atoms with van der Waals surface area (Å²) in [6.45, 7) is 2.45. The van der Waals surface area contributed by atoms with Gasteiger partial charge in [0.25, 0.3) is 11.8 Å². The van der Waals surface area contributed by atoms with E-state index in [0.29, 0.717) is 18.2 Å². The van der Waals surface area contributed by atoms with E-state index in [1.807, 2.05) is 0 Å². The minimum absolute atomic E-state index is 0.125. The lowest BCUT2D eigenvalue weighted by atomic mass is 10.0. The molecule has 0 aliphatic heterocycles. The molecule has 0 aromatic heterocycles. The van der Waals surface area contributed by atoms with Crippen LogP contribution in [-0.4, -0.2) is 23.3 Å². The van der Waals surface area contributed by atoms with Gasteiger partial charge in [0, 0.05) is 12.1 Å². The number of benzene rings is 2. The van der Waals surface area contributed by atoms with Crippen molar-refractivity contribution in [2.24, 2.45) is 5.92 Å². The Balaban J connectivity index is 2.60. The summed E-state index contributed by atoms with van der Waals surface area (Å²) in [4.78, 5) is 25.8. The molecule has 3 nitrogen and oxygen atoms in total. The Morgan fingerprint density at radius 1 is 0.839 bits per heavy atom. The van der Waals surface area contributed by atoms with Crippen molar-refractivity contribution in [2.45, 2.75) is 26.2 Å². The summed E-state index contributed by atoms with van der Waals surface area (Å²) in [6, 6.07) is 1.88. The van der Waals surface area contributed by atoms with Gasteiger partial charge < -0.3 is 0 Å². The molecule has 0 saturated carbocycles.